The highest BCUT2D eigenvalue weighted by Crippen LogP contribution is 2.38. The van der Waals surface area contributed by atoms with Crippen molar-refractivity contribution < 1.29 is 19.1 Å². The molecule has 0 spiro atoms. The fourth-order valence-corrected chi connectivity index (χ4v) is 3.33. The summed E-state index contributed by atoms with van der Waals surface area (Å²) >= 11 is 0. The minimum absolute atomic E-state index is 0.0823. The van der Waals surface area contributed by atoms with Gasteiger partial charge in [-0.3, -0.25) is 9.59 Å². The second-order valence-electron chi connectivity index (χ2n) is 7.55. The first-order chi connectivity index (χ1) is 11.3. The van der Waals surface area contributed by atoms with Gasteiger partial charge in [-0.25, -0.2) is 0 Å². The number of ether oxygens (including phenoxy) is 2. The van der Waals surface area contributed by atoms with Crippen LogP contribution in [0.1, 0.15) is 64.4 Å². The molecule has 1 aromatic rings. The fraction of sp³-hybridized carbons (Fsp3) is 0.600. The number of esters is 1. The highest BCUT2D eigenvalue weighted by molar-refractivity contribution is 5.79. The molecule has 4 heteroatoms. The lowest BCUT2D eigenvalue weighted by Crippen LogP contribution is -2.28. The van der Waals surface area contributed by atoms with E-state index >= 15 is 0 Å². The van der Waals surface area contributed by atoms with E-state index in [9.17, 15) is 9.59 Å². The molecule has 1 aromatic carbocycles. The van der Waals surface area contributed by atoms with E-state index in [-0.39, 0.29) is 11.9 Å². The molecule has 4 nitrogen and oxygen atoms in total. The first kappa shape index (κ1) is 18.5. The number of methoxy groups -OCH3 is 1. The van der Waals surface area contributed by atoms with E-state index in [2.05, 4.69) is 0 Å². The summed E-state index contributed by atoms with van der Waals surface area (Å²) in [5.41, 5.74) is 0.630. The summed E-state index contributed by atoms with van der Waals surface area (Å²) in [4.78, 5) is 23.9. The quantitative estimate of drug-likeness (QED) is 0.756. The Bertz CT molecular complexity index is 558. The normalized spacial score (nSPS) is 17.4. The smallest absolute Gasteiger partial charge is 0.306 e. The minimum Gasteiger partial charge on any atom is -0.497 e. The third kappa shape index (κ3) is 5.36. The van der Waals surface area contributed by atoms with Crippen molar-refractivity contribution in [2.75, 3.05) is 7.11 Å². The van der Waals surface area contributed by atoms with E-state index < -0.39 is 5.60 Å². The molecular formula is C20H28O4. The Labute approximate surface area is 144 Å². The van der Waals surface area contributed by atoms with Crippen LogP contribution in [0.3, 0.4) is 0 Å². The van der Waals surface area contributed by atoms with Gasteiger partial charge in [-0.15, -0.1) is 0 Å². The Morgan fingerprint density at radius 3 is 2.25 bits per heavy atom. The van der Waals surface area contributed by atoms with Crippen LogP contribution >= 0.6 is 0 Å². The van der Waals surface area contributed by atoms with Gasteiger partial charge in [0.15, 0.2) is 0 Å². The molecule has 0 heterocycles. The van der Waals surface area contributed by atoms with Crippen LogP contribution in [0.2, 0.25) is 0 Å². The molecule has 0 radical (unpaired) electrons. The Hall–Kier alpha value is -1.84. The lowest BCUT2D eigenvalue weighted by molar-refractivity contribution is -0.155. The molecule has 1 atom stereocenters. The Balaban J connectivity index is 2.16. The first-order valence-electron chi connectivity index (χ1n) is 8.66. The van der Waals surface area contributed by atoms with Gasteiger partial charge in [0.2, 0.25) is 0 Å². The maximum absolute atomic E-state index is 12.4. The highest BCUT2D eigenvalue weighted by atomic mass is 16.6. The molecule has 2 rings (SSSR count). The zero-order valence-electron chi connectivity index (χ0n) is 15.1. The van der Waals surface area contributed by atoms with Crippen molar-refractivity contribution in [3.05, 3.63) is 29.8 Å². The van der Waals surface area contributed by atoms with Crippen molar-refractivity contribution in [3.63, 3.8) is 0 Å². The van der Waals surface area contributed by atoms with Gasteiger partial charge in [0.25, 0.3) is 0 Å². The van der Waals surface area contributed by atoms with E-state index in [1.807, 2.05) is 45.0 Å². The van der Waals surface area contributed by atoms with E-state index in [1.165, 1.54) is 0 Å². The largest absolute Gasteiger partial charge is 0.497 e. The van der Waals surface area contributed by atoms with Crippen LogP contribution in [0.5, 0.6) is 5.75 Å². The molecule has 1 unspecified atom stereocenters. The highest BCUT2D eigenvalue weighted by Gasteiger charge is 2.31. The van der Waals surface area contributed by atoms with Crippen molar-refractivity contribution in [3.8, 4) is 5.75 Å². The van der Waals surface area contributed by atoms with Crippen molar-refractivity contribution in [2.24, 2.45) is 5.92 Å². The SMILES string of the molecule is COc1ccc(C(CC(=O)OC(C)(C)C)C2CCC(=O)CC2)cc1. The molecule has 0 aromatic heterocycles. The molecular weight excluding hydrogens is 304 g/mol. The standard InChI is InChI=1S/C20H28O4/c1-20(2,3)24-19(22)13-18(14-5-9-16(21)10-6-14)15-7-11-17(23-4)12-8-15/h7-8,11-12,14,18H,5-6,9-10,13H2,1-4H3. The lowest BCUT2D eigenvalue weighted by atomic mass is 9.75. The Morgan fingerprint density at radius 2 is 1.75 bits per heavy atom. The molecule has 0 amide bonds. The average Bonchev–Trinajstić information content (AvgIpc) is 2.52. The third-order valence-corrected chi connectivity index (χ3v) is 4.51. The molecule has 1 fully saturated rings. The number of ketones is 1. The number of Topliss-reactive ketones (excluding diaryl/α,β-unsaturated/α-hetero) is 1. The van der Waals surface area contributed by atoms with Crippen molar-refractivity contribution in [1.82, 2.24) is 0 Å². The maximum Gasteiger partial charge on any atom is 0.306 e. The summed E-state index contributed by atoms with van der Waals surface area (Å²) in [5, 5.41) is 0. The molecule has 0 saturated heterocycles. The van der Waals surface area contributed by atoms with E-state index in [0.29, 0.717) is 31.0 Å². The number of hydrogen-bond donors (Lipinski definition) is 0. The summed E-state index contributed by atoms with van der Waals surface area (Å²) in [6.07, 6.45) is 3.27. The lowest BCUT2D eigenvalue weighted by Gasteiger charge is -2.30. The zero-order valence-corrected chi connectivity index (χ0v) is 15.1. The summed E-state index contributed by atoms with van der Waals surface area (Å²) in [6, 6.07) is 7.88. The summed E-state index contributed by atoms with van der Waals surface area (Å²) in [6.45, 7) is 5.64. The van der Waals surface area contributed by atoms with Crippen LogP contribution < -0.4 is 4.74 Å². The van der Waals surface area contributed by atoms with Crippen LogP contribution in [0, 0.1) is 5.92 Å². The molecule has 24 heavy (non-hydrogen) atoms. The molecule has 1 saturated carbocycles. The summed E-state index contributed by atoms with van der Waals surface area (Å²) in [5.74, 6) is 1.37. The predicted molar refractivity (Wildman–Crippen MR) is 93.2 cm³/mol. The third-order valence-electron chi connectivity index (χ3n) is 4.51. The van der Waals surface area contributed by atoms with Gasteiger partial charge in [-0.05, 0) is 63.1 Å². The zero-order chi connectivity index (χ0) is 17.7. The van der Waals surface area contributed by atoms with Gasteiger partial charge in [0.1, 0.15) is 17.1 Å². The summed E-state index contributed by atoms with van der Waals surface area (Å²) < 4.78 is 10.7. The van der Waals surface area contributed by atoms with Gasteiger partial charge in [-0.1, -0.05) is 12.1 Å². The molecule has 0 N–H and O–H groups in total. The Kier molecular flexibility index (Phi) is 6.03. The first-order valence-corrected chi connectivity index (χ1v) is 8.66. The van der Waals surface area contributed by atoms with Crippen molar-refractivity contribution >= 4 is 11.8 Å². The van der Waals surface area contributed by atoms with Crippen molar-refractivity contribution in [1.29, 1.82) is 0 Å². The minimum atomic E-state index is -0.482. The van der Waals surface area contributed by atoms with Crippen LogP contribution in [0.25, 0.3) is 0 Å². The predicted octanol–water partition coefficient (Wildman–Crippen LogP) is 4.27. The van der Waals surface area contributed by atoms with Gasteiger partial charge in [0.05, 0.1) is 13.5 Å². The number of hydrogen-bond acceptors (Lipinski definition) is 4. The molecule has 132 valence electrons. The second kappa shape index (κ2) is 7.82. The van der Waals surface area contributed by atoms with E-state index in [1.54, 1.807) is 7.11 Å². The van der Waals surface area contributed by atoms with Crippen molar-refractivity contribution in [2.45, 2.75) is 64.4 Å². The van der Waals surface area contributed by atoms with E-state index in [0.717, 1.165) is 24.2 Å². The average molecular weight is 332 g/mol. The maximum atomic E-state index is 12.4. The topological polar surface area (TPSA) is 52.6 Å². The molecule has 1 aliphatic carbocycles. The van der Waals surface area contributed by atoms with Crippen LogP contribution in [0.4, 0.5) is 0 Å². The van der Waals surface area contributed by atoms with Gasteiger partial charge in [-0.2, -0.15) is 0 Å². The number of benzene rings is 1. The summed E-state index contributed by atoms with van der Waals surface area (Å²) in [7, 11) is 1.64. The fourth-order valence-electron chi connectivity index (χ4n) is 3.33. The monoisotopic (exact) mass is 332 g/mol. The molecule has 0 aliphatic heterocycles. The van der Waals surface area contributed by atoms with Crippen LogP contribution in [0.15, 0.2) is 24.3 Å². The number of rotatable bonds is 5. The van der Waals surface area contributed by atoms with E-state index in [4.69, 9.17) is 9.47 Å². The second-order valence-corrected chi connectivity index (χ2v) is 7.55. The van der Waals surface area contributed by atoms with Gasteiger partial charge in [0, 0.05) is 12.8 Å². The van der Waals surface area contributed by atoms with Crippen LogP contribution in [-0.4, -0.2) is 24.5 Å². The Morgan fingerprint density at radius 1 is 1.17 bits per heavy atom. The number of carbonyl (C=O) groups is 2. The van der Waals surface area contributed by atoms with Crippen LogP contribution in [-0.2, 0) is 14.3 Å². The molecule has 1 aliphatic rings. The van der Waals surface area contributed by atoms with Gasteiger partial charge < -0.3 is 9.47 Å². The molecule has 0 bridgehead atoms. The van der Waals surface area contributed by atoms with Gasteiger partial charge >= 0.3 is 5.97 Å². The number of carbonyl (C=O) groups excluding carboxylic acids is 2.